The Hall–Kier alpha value is -2.95. The van der Waals surface area contributed by atoms with Gasteiger partial charge < -0.3 is 19.9 Å². The molecule has 0 saturated carbocycles. The van der Waals surface area contributed by atoms with Crippen molar-refractivity contribution >= 4 is 22.6 Å². The van der Waals surface area contributed by atoms with Crippen molar-refractivity contribution in [1.82, 2.24) is 9.88 Å². The lowest BCUT2D eigenvalue weighted by atomic mass is 10.1. The van der Waals surface area contributed by atoms with Gasteiger partial charge in [0.2, 0.25) is 0 Å². The zero-order valence-electron chi connectivity index (χ0n) is 13.9. The highest BCUT2D eigenvalue weighted by atomic mass is 16.5. The molecule has 3 rings (SSSR count). The van der Waals surface area contributed by atoms with Crippen LogP contribution in [0.5, 0.6) is 5.75 Å². The van der Waals surface area contributed by atoms with Crippen LogP contribution < -0.4 is 15.4 Å². The van der Waals surface area contributed by atoms with E-state index in [0.717, 1.165) is 27.9 Å². The lowest BCUT2D eigenvalue weighted by molar-refractivity contribution is 0.252. The topological polar surface area (TPSA) is 55.3 Å². The summed E-state index contributed by atoms with van der Waals surface area (Å²) in [6.45, 7) is 0.539. The van der Waals surface area contributed by atoms with Gasteiger partial charge in [0, 0.05) is 30.7 Å². The molecule has 0 spiro atoms. The molecule has 0 saturated heterocycles. The Morgan fingerprint density at radius 1 is 1.12 bits per heavy atom. The third-order valence-corrected chi connectivity index (χ3v) is 4.02. The van der Waals surface area contributed by atoms with Crippen molar-refractivity contribution in [2.45, 2.75) is 6.42 Å². The third-order valence-electron chi connectivity index (χ3n) is 4.02. The molecule has 0 atom stereocenters. The lowest BCUT2D eigenvalue weighted by Crippen LogP contribution is -2.30. The van der Waals surface area contributed by atoms with Crippen LogP contribution in [0.15, 0.2) is 54.7 Å². The van der Waals surface area contributed by atoms with Gasteiger partial charge in [0.25, 0.3) is 0 Å². The van der Waals surface area contributed by atoms with Crippen LogP contribution >= 0.6 is 0 Å². The Morgan fingerprint density at radius 2 is 1.88 bits per heavy atom. The highest BCUT2D eigenvalue weighted by molar-refractivity contribution is 6.01. The number of carbonyl (C=O) groups is 1. The molecule has 0 fully saturated rings. The molecule has 0 radical (unpaired) electrons. The summed E-state index contributed by atoms with van der Waals surface area (Å²) in [5.41, 5.74) is 2.97. The number of urea groups is 1. The average Bonchev–Trinajstić information content (AvgIpc) is 2.91. The maximum Gasteiger partial charge on any atom is 0.319 e. The number of nitrogens with one attached hydrogen (secondary N) is 2. The smallest absolute Gasteiger partial charge is 0.319 e. The molecule has 2 amide bonds. The van der Waals surface area contributed by atoms with Crippen LogP contribution in [-0.2, 0) is 13.5 Å². The molecule has 0 aliphatic heterocycles. The van der Waals surface area contributed by atoms with Crippen molar-refractivity contribution in [3.63, 3.8) is 0 Å². The fraction of sp³-hybridized carbons (Fsp3) is 0.211. The van der Waals surface area contributed by atoms with E-state index in [4.69, 9.17) is 4.74 Å². The van der Waals surface area contributed by atoms with Gasteiger partial charge in [-0.05, 0) is 24.1 Å². The largest absolute Gasteiger partial charge is 0.496 e. The summed E-state index contributed by atoms with van der Waals surface area (Å²) in [6.07, 6.45) is 2.64. The molecule has 0 bridgehead atoms. The van der Waals surface area contributed by atoms with Crippen molar-refractivity contribution < 1.29 is 9.53 Å². The number of nitrogens with zero attached hydrogens (tertiary/aromatic N) is 1. The second-order valence-electron chi connectivity index (χ2n) is 5.61. The van der Waals surface area contributed by atoms with Crippen LogP contribution in [0.4, 0.5) is 10.5 Å². The Balaban J connectivity index is 1.59. The van der Waals surface area contributed by atoms with Crippen LogP contribution in [0.3, 0.4) is 0 Å². The molecule has 124 valence electrons. The van der Waals surface area contributed by atoms with E-state index in [1.54, 1.807) is 7.11 Å². The van der Waals surface area contributed by atoms with Gasteiger partial charge in [-0.25, -0.2) is 4.79 Å². The van der Waals surface area contributed by atoms with Gasteiger partial charge in [-0.1, -0.05) is 36.4 Å². The van der Waals surface area contributed by atoms with Gasteiger partial charge in [-0.2, -0.15) is 0 Å². The van der Waals surface area contributed by atoms with Crippen molar-refractivity contribution in [2.24, 2.45) is 7.05 Å². The third kappa shape index (κ3) is 3.35. The molecule has 3 aromatic rings. The minimum atomic E-state index is -0.207. The second kappa shape index (κ2) is 7.08. The number of methoxy groups -OCH3 is 1. The SMILES string of the molecule is COc1ccccc1CCNC(=O)Nc1cn(C)c2ccccc12. The van der Waals surface area contributed by atoms with Gasteiger partial charge in [0.1, 0.15) is 5.75 Å². The number of hydrogen-bond acceptors (Lipinski definition) is 2. The highest BCUT2D eigenvalue weighted by Crippen LogP contribution is 2.24. The molecule has 2 N–H and O–H groups in total. The lowest BCUT2D eigenvalue weighted by Gasteiger charge is -2.09. The summed E-state index contributed by atoms with van der Waals surface area (Å²) in [5.74, 6) is 0.841. The number of fused-ring (bicyclic) bond motifs is 1. The Labute approximate surface area is 141 Å². The molecule has 5 heteroatoms. The number of hydrogen-bond donors (Lipinski definition) is 2. The number of amides is 2. The van der Waals surface area contributed by atoms with Crippen molar-refractivity contribution in [1.29, 1.82) is 0 Å². The second-order valence-corrected chi connectivity index (χ2v) is 5.61. The summed E-state index contributed by atoms with van der Waals surface area (Å²) in [4.78, 5) is 12.1. The van der Waals surface area contributed by atoms with Crippen molar-refractivity contribution in [3.05, 3.63) is 60.3 Å². The molecule has 24 heavy (non-hydrogen) atoms. The fourth-order valence-electron chi connectivity index (χ4n) is 2.83. The number of para-hydroxylation sites is 2. The number of aromatic nitrogens is 1. The van der Waals surface area contributed by atoms with Gasteiger partial charge in [0.15, 0.2) is 0 Å². The summed E-state index contributed by atoms with van der Waals surface area (Å²) in [7, 11) is 3.62. The van der Waals surface area contributed by atoms with Crippen LogP contribution in [0.25, 0.3) is 10.9 Å². The van der Waals surface area contributed by atoms with Gasteiger partial charge in [-0.3, -0.25) is 0 Å². The van der Waals surface area contributed by atoms with E-state index in [0.29, 0.717) is 13.0 Å². The first-order valence-corrected chi connectivity index (χ1v) is 7.90. The summed E-state index contributed by atoms with van der Waals surface area (Å²) >= 11 is 0. The number of aryl methyl sites for hydroxylation is 1. The number of rotatable bonds is 5. The Kier molecular flexibility index (Phi) is 4.70. The molecular formula is C19H21N3O2. The van der Waals surface area contributed by atoms with E-state index in [1.165, 1.54) is 0 Å². The number of carbonyl (C=O) groups excluding carboxylic acids is 1. The molecule has 2 aromatic carbocycles. The minimum Gasteiger partial charge on any atom is -0.496 e. The summed E-state index contributed by atoms with van der Waals surface area (Å²) in [5, 5.41) is 6.84. The van der Waals surface area contributed by atoms with Crippen LogP contribution in [0.2, 0.25) is 0 Å². The monoisotopic (exact) mass is 323 g/mol. The Bertz CT molecular complexity index is 855. The predicted octanol–water partition coefficient (Wildman–Crippen LogP) is 3.55. The summed E-state index contributed by atoms with van der Waals surface area (Å²) < 4.78 is 7.32. The first-order chi connectivity index (χ1) is 11.7. The van der Waals surface area contributed by atoms with E-state index >= 15 is 0 Å². The van der Waals surface area contributed by atoms with E-state index in [1.807, 2.05) is 66.3 Å². The fourth-order valence-corrected chi connectivity index (χ4v) is 2.83. The number of benzene rings is 2. The van der Waals surface area contributed by atoms with E-state index in [9.17, 15) is 4.79 Å². The highest BCUT2D eigenvalue weighted by Gasteiger charge is 2.09. The number of anilines is 1. The predicted molar refractivity (Wildman–Crippen MR) is 96.6 cm³/mol. The quantitative estimate of drug-likeness (QED) is 0.754. The molecule has 5 nitrogen and oxygen atoms in total. The van der Waals surface area contributed by atoms with Gasteiger partial charge in [0.05, 0.1) is 12.8 Å². The maximum atomic E-state index is 12.1. The summed E-state index contributed by atoms with van der Waals surface area (Å²) in [6, 6.07) is 15.6. The van der Waals surface area contributed by atoms with Crippen molar-refractivity contribution in [2.75, 3.05) is 19.0 Å². The average molecular weight is 323 g/mol. The standard InChI is InChI=1S/C19H21N3O2/c1-22-13-16(15-8-4-5-9-17(15)22)21-19(23)20-12-11-14-7-3-6-10-18(14)24-2/h3-10,13H,11-12H2,1-2H3,(H2,20,21,23). The first kappa shape index (κ1) is 15.9. The normalized spacial score (nSPS) is 10.6. The van der Waals surface area contributed by atoms with Gasteiger partial charge >= 0.3 is 6.03 Å². The first-order valence-electron chi connectivity index (χ1n) is 7.90. The van der Waals surface area contributed by atoms with E-state index < -0.39 is 0 Å². The van der Waals surface area contributed by atoms with Crippen LogP contribution in [-0.4, -0.2) is 24.3 Å². The van der Waals surface area contributed by atoms with E-state index in [2.05, 4.69) is 10.6 Å². The van der Waals surface area contributed by atoms with E-state index in [-0.39, 0.29) is 6.03 Å². The molecular weight excluding hydrogens is 302 g/mol. The molecule has 1 aromatic heterocycles. The zero-order chi connectivity index (χ0) is 16.9. The van der Waals surface area contributed by atoms with Crippen LogP contribution in [0.1, 0.15) is 5.56 Å². The minimum absolute atomic E-state index is 0.207. The zero-order valence-corrected chi connectivity index (χ0v) is 13.9. The Morgan fingerprint density at radius 3 is 2.71 bits per heavy atom. The molecule has 0 aliphatic rings. The van der Waals surface area contributed by atoms with Crippen molar-refractivity contribution in [3.8, 4) is 5.75 Å². The van der Waals surface area contributed by atoms with Gasteiger partial charge in [-0.15, -0.1) is 0 Å². The number of ether oxygens (including phenoxy) is 1. The maximum absolute atomic E-state index is 12.1. The molecule has 0 aliphatic carbocycles. The van der Waals surface area contributed by atoms with Crippen LogP contribution in [0, 0.1) is 0 Å². The molecule has 0 unspecified atom stereocenters. The molecule has 1 heterocycles.